The Morgan fingerprint density at radius 2 is 2.10 bits per heavy atom. The summed E-state index contributed by atoms with van der Waals surface area (Å²) in [6.45, 7) is 4.92. The van der Waals surface area contributed by atoms with E-state index >= 15 is 0 Å². The lowest BCUT2D eigenvalue weighted by Gasteiger charge is -2.20. The van der Waals surface area contributed by atoms with Gasteiger partial charge in [0.05, 0.1) is 6.61 Å². The highest BCUT2D eigenvalue weighted by Gasteiger charge is 2.09. The molecule has 2 rings (SSSR count). The molecule has 1 aromatic rings. The second-order valence-corrected chi connectivity index (χ2v) is 5.68. The molecule has 1 aromatic carbocycles. The summed E-state index contributed by atoms with van der Waals surface area (Å²) in [7, 11) is 0. The second kappa shape index (κ2) is 7.88. The van der Waals surface area contributed by atoms with Crippen LogP contribution in [0.5, 0.6) is 5.75 Å². The summed E-state index contributed by atoms with van der Waals surface area (Å²) < 4.78 is 5.41. The molecule has 0 saturated heterocycles. The number of anilines is 1. The molecule has 1 aliphatic rings. The Hall–Kier alpha value is -1.75. The summed E-state index contributed by atoms with van der Waals surface area (Å²) in [6, 6.07) is 7.74. The molecule has 0 amide bonds. The van der Waals surface area contributed by atoms with E-state index in [0.717, 1.165) is 30.2 Å². The van der Waals surface area contributed by atoms with Gasteiger partial charge in [0.15, 0.2) is 5.11 Å². The molecule has 5 heteroatoms. The van der Waals surface area contributed by atoms with E-state index < -0.39 is 0 Å². The topological polar surface area (TPSA) is 45.3 Å². The van der Waals surface area contributed by atoms with Crippen molar-refractivity contribution >= 4 is 23.0 Å². The largest absolute Gasteiger partial charge is 0.494 e. The molecule has 3 N–H and O–H groups in total. The van der Waals surface area contributed by atoms with Crippen LogP contribution in [0.4, 0.5) is 5.69 Å². The summed E-state index contributed by atoms with van der Waals surface area (Å²) in [5, 5.41) is 3.69. The van der Waals surface area contributed by atoms with Crippen molar-refractivity contribution in [3.63, 3.8) is 0 Å². The molecule has 0 unspecified atom stereocenters. The van der Waals surface area contributed by atoms with Crippen LogP contribution in [0, 0.1) is 5.92 Å². The molecule has 0 aromatic heterocycles. The number of nitrogens with one attached hydrogen (secondary N) is 3. The van der Waals surface area contributed by atoms with Crippen LogP contribution in [0.15, 0.2) is 36.0 Å². The number of thiocarbonyl (C=S) groups is 1. The number of benzene rings is 1. The minimum atomic E-state index is 0.554. The van der Waals surface area contributed by atoms with Crippen LogP contribution in [0.1, 0.15) is 33.1 Å². The zero-order chi connectivity index (χ0) is 15.1. The minimum absolute atomic E-state index is 0.554. The predicted octanol–water partition coefficient (Wildman–Crippen LogP) is 3.58. The number of hydrogen-bond donors (Lipinski definition) is 3. The summed E-state index contributed by atoms with van der Waals surface area (Å²) >= 11 is 5.27. The van der Waals surface area contributed by atoms with Crippen LogP contribution < -0.4 is 20.9 Å². The minimum Gasteiger partial charge on any atom is -0.494 e. The lowest BCUT2D eigenvalue weighted by molar-refractivity contribution is 0.340. The van der Waals surface area contributed by atoms with E-state index in [9.17, 15) is 0 Å². The van der Waals surface area contributed by atoms with Gasteiger partial charge in [0.25, 0.3) is 0 Å². The van der Waals surface area contributed by atoms with Gasteiger partial charge in [0, 0.05) is 11.4 Å². The molecule has 21 heavy (non-hydrogen) atoms. The first-order valence-corrected chi connectivity index (χ1v) is 7.83. The Morgan fingerprint density at radius 3 is 2.71 bits per heavy atom. The van der Waals surface area contributed by atoms with Gasteiger partial charge in [0.2, 0.25) is 0 Å². The SMILES string of the molecule is CCOc1ccc(NC(=S)NNC2=CC[C@H](C)CC2)cc1. The first-order chi connectivity index (χ1) is 10.2. The number of ether oxygens (including phenoxy) is 1. The lowest BCUT2D eigenvalue weighted by atomic mass is 9.95. The molecule has 114 valence electrons. The van der Waals surface area contributed by atoms with Gasteiger partial charge >= 0.3 is 0 Å². The maximum atomic E-state index is 5.41. The molecular formula is C16H23N3OS. The molecule has 0 heterocycles. The molecule has 0 radical (unpaired) electrons. The van der Waals surface area contributed by atoms with E-state index in [1.54, 1.807) is 0 Å². The molecule has 0 aliphatic heterocycles. The van der Waals surface area contributed by atoms with E-state index in [-0.39, 0.29) is 0 Å². The summed E-state index contributed by atoms with van der Waals surface area (Å²) in [5.41, 5.74) is 8.35. The van der Waals surface area contributed by atoms with Crippen molar-refractivity contribution in [1.82, 2.24) is 10.9 Å². The van der Waals surface area contributed by atoms with Gasteiger partial charge in [-0.25, -0.2) is 0 Å². The number of hydrogen-bond acceptors (Lipinski definition) is 3. The average molecular weight is 305 g/mol. The molecule has 1 aliphatic carbocycles. The van der Waals surface area contributed by atoms with Crippen molar-refractivity contribution in [2.45, 2.75) is 33.1 Å². The maximum Gasteiger partial charge on any atom is 0.189 e. The van der Waals surface area contributed by atoms with Crippen LogP contribution in [-0.2, 0) is 0 Å². The van der Waals surface area contributed by atoms with Crippen molar-refractivity contribution in [3.05, 3.63) is 36.0 Å². The summed E-state index contributed by atoms with van der Waals surface area (Å²) in [4.78, 5) is 0. The molecule has 0 saturated carbocycles. The van der Waals surface area contributed by atoms with Gasteiger partial charge in [-0.15, -0.1) is 0 Å². The standard InChI is InChI=1S/C16H23N3OS/c1-3-20-15-10-8-13(9-11-15)17-16(21)19-18-14-6-4-12(2)5-7-14/h6,8-12,18H,3-5,7H2,1-2H3,(H2,17,19,21)/t12-/m0/s1. The third-order valence-electron chi connectivity index (χ3n) is 3.43. The van der Waals surface area contributed by atoms with Crippen molar-refractivity contribution in [2.75, 3.05) is 11.9 Å². The van der Waals surface area contributed by atoms with Gasteiger partial charge in [-0.05, 0) is 68.6 Å². The van der Waals surface area contributed by atoms with Crippen molar-refractivity contribution in [1.29, 1.82) is 0 Å². The Bertz CT molecular complexity index is 499. The highest BCUT2D eigenvalue weighted by Crippen LogP contribution is 2.20. The van der Waals surface area contributed by atoms with Gasteiger partial charge in [-0.1, -0.05) is 13.0 Å². The lowest BCUT2D eigenvalue weighted by Crippen LogP contribution is -2.40. The zero-order valence-electron chi connectivity index (χ0n) is 12.6. The van der Waals surface area contributed by atoms with Crippen LogP contribution in [-0.4, -0.2) is 11.7 Å². The van der Waals surface area contributed by atoms with E-state index in [1.165, 1.54) is 12.1 Å². The van der Waals surface area contributed by atoms with Crippen molar-refractivity contribution < 1.29 is 4.74 Å². The predicted molar refractivity (Wildman–Crippen MR) is 91.2 cm³/mol. The maximum absolute atomic E-state index is 5.41. The van der Waals surface area contributed by atoms with Crippen molar-refractivity contribution in [2.24, 2.45) is 5.92 Å². The molecule has 0 fully saturated rings. The monoisotopic (exact) mass is 305 g/mol. The molecule has 4 nitrogen and oxygen atoms in total. The van der Waals surface area contributed by atoms with E-state index in [4.69, 9.17) is 17.0 Å². The van der Waals surface area contributed by atoms with Crippen molar-refractivity contribution in [3.8, 4) is 5.75 Å². The fourth-order valence-corrected chi connectivity index (χ4v) is 2.35. The quantitative estimate of drug-likeness (QED) is 0.573. The normalized spacial score (nSPS) is 17.6. The van der Waals surface area contributed by atoms with Gasteiger partial charge in [0.1, 0.15) is 5.75 Å². The molecule has 0 bridgehead atoms. The van der Waals surface area contributed by atoms with Gasteiger partial charge < -0.3 is 15.5 Å². The summed E-state index contributed by atoms with van der Waals surface area (Å²) in [6.07, 6.45) is 5.66. The second-order valence-electron chi connectivity index (χ2n) is 5.27. The highest BCUT2D eigenvalue weighted by molar-refractivity contribution is 7.80. The third kappa shape index (κ3) is 5.27. The number of rotatable bonds is 5. The average Bonchev–Trinajstić information content (AvgIpc) is 2.49. The Balaban J connectivity index is 1.76. The van der Waals surface area contributed by atoms with Gasteiger partial charge in [-0.3, -0.25) is 5.43 Å². The first kappa shape index (κ1) is 15.6. The number of hydrazine groups is 1. The summed E-state index contributed by atoms with van der Waals surface area (Å²) in [5.74, 6) is 1.64. The van der Waals surface area contributed by atoms with E-state index in [0.29, 0.717) is 11.7 Å². The third-order valence-corrected chi connectivity index (χ3v) is 3.64. The van der Waals surface area contributed by atoms with Crippen LogP contribution >= 0.6 is 12.2 Å². The van der Waals surface area contributed by atoms with E-state index in [2.05, 4.69) is 29.2 Å². The van der Waals surface area contributed by atoms with Crippen LogP contribution in [0.2, 0.25) is 0 Å². The molecule has 1 atom stereocenters. The molecule has 0 spiro atoms. The first-order valence-electron chi connectivity index (χ1n) is 7.42. The van der Waals surface area contributed by atoms with Gasteiger partial charge in [-0.2, -0.15) is 0 Å². The van der Waals surface area contributed by atoms with Crippen LogP contribution in [0.25, 0.3) is 0 Å². The highest BCUT2D eigenvalue weighted by atomic mass is 32.1. The Labute approximate surface area is 131 Å². The number of allylic oxidation sites excluding steroid dienone is 2. The zero-order valence-corrected chi connectivity index (χ0v) is 13.4. The molecular weight excluding hydrogens is 282 g/mol. The fraction of sp³-hybridized carbons (Fsp3) is 0.438. The van der Waals surface area contributed by atoms with E-state index in [1.807, 2.05) is 31.2 Å². The van der Waals surface area contributed by atoms with Crippen LogP contribution in [0.3, 0.4) is 0 Å². The Kier molecular flexibility index (Phi) is 5.87. The fourth-order valence-electron chi connectivity index (χ4n) is 2.18. The Morgan fingerprint density at radius 1 is 1.33 bits per heavy atom. The smallest absolute Gasteiger partial charge is 0.189 e.